The molecule has 6 heteroatoms. The van der Waals surface area contributed by atoms with E-state index in [-0.39, 0.29) is 11.9 Å². The van der Waals surface area contributed by atoms with Gasteiger partial charge in [-0.15, -0.1) is 0 Å². The van der Waals surface area contributed by atoms with Gasteiger partial charge < -0.3 is 10.1 Å². The highest BCUT2D eigenvalue weighted by molar-refractivity contribution is 5.92. The first kappa shape index (κ1) is 19.8. The standard InChI is InChI=1S/C25H28N4O2/c1-31-21-10-5-7-19(15-21)23-11-6-14-28(23)17-25(30)26-24-16-22(18-12-13-18)27-29(24)20-8-3-2-4-9-20/h2-5,7-10,15-16,18,23H,6,11-14,17H2,1H3,(H,26,30). The van der Waals surface area contributed by atoms with Gasteiger partial charge in [-0.1, -0.05) is 30.3 Å². The lowest BCUT2D eigenvalue weighted by Gasteiger charge is -2.24. The van der Waals surface area contributed by atoms with Crippen LogP contribution in [-0.4, -0.2) is 40.8 Å². The molecule has 0 bridgehead atoms. The molecule has 1 unspecified atom stereocenters. The Morgan fingerprint density at radius 2 is 1.94 bits per heavy atom. The molecule has 1 atom stereocenters. The largest absolute Gasteiger partial charge is 0.497 e. The number of rotatable bonds is 7. The van der Waals surface area contributed by atoms with Crippen LogP contribution in [0.5, 0.6) is 5.75 Å². The second kappa shape index (κ2) is 8.55. The number of amides is 1. The summed E-state index contributed by atoms with van der Waals surface area (Å²) in [5.41, 5.74) is 3.23. The van der Waals surface area contributed by atoms with E-state index in [1.807, 2.05) is 53.2 Å². The number of carbonyl (C=O) groups is 1. The first-order valence-electron chi connectivity index (χ1n) is 11.0. The molecule has 6 nitrogen and oxygen atoms in total. The van der Waals surface area contributed by atoms with Crippen LogP contribution in [0.3, 0.4) is 0 Å². The molecule has 2 aromatic carbocycles. The summed E-state index contributed by atoms with van der Waals surface area (Å²) >= 11 is 0. The number of ether oxygens (including phenoxy) is 1. The molecule has 0 radical (unpaired) electrons. The van der Waals surface area contributed by atoms with Gasteiger partial charge in [-0.25, -0.2) is 4.68 Å². The topological polar surface area (TPSA) is 59.4 Å². The van der Waals surface area contributed by atoms with Crippen LogP contribution in [0.1, 0.15) is 48.9 Å². The molecule has 1 saturated carbocycles. The Labute approximate surface area is 182 Å². The molecule has 0 spiro atoms. The van der Waals surface area contributed by atoms with E-state index >= 15 is 0 Å². The van der Waals surface area contributed by atoms with Crippen molar-refractivity contribution in [1.82, 2.24) is 14.7 Å². The molecule has 3 aromatic rings. The third-order valence-corrected chi connectivity index (χ3v) is 6.18. The first-order valence-corrected chi connectivity index (χ1v) is 11.0. The maximum atomic E-state index is 13.0. The number of carbonyl (C=O) groups excluding carboxylic acids is 1. The molecule has 1 aliphatic carbocycles. The summed E-state index contributed by atoms with van der Waals surface area (Å²) in [6.07, 6.45) is 4.49. The summed E-state index contributed by atoms with van der Waals surface area (Å²) in [5.74, 6) is 2.12. The molecular formula is C25H28N4O2. The highest BCUT2D eigenvalue weighted by Crippen LogP contribution is 2.40. The van der Waals surface area contributed by atoms with Crippen molar-refractivity contribution in [3.63, 3.8) is 0 Å². The van der Waals surface area contributed by atoms with Gasteiger partial charge in [0.15, 0.2) is 0 Å². The fraction of sp³-hybridized carbons (Fsp3) is 0.360. The van der Waals surface area contributed by atoms with Crippen LogP contribution in [0.15, 0.2) is 60.7 Å². The molecule has 2 aliphatic rings. The molecule has 2 heterocycles. The summed E-state index contributed by atoms with van der Waals surface area (Å²) < 4.78 is 7.24. The molecule has 1 saturated heterocycles. The van der Waals surface area contributed by atoms with Crippen LogP contribution in [0.25, 0.3) is 5.69 Å². The van der Waals surface area contributed by atoms with Gasteiger partial charge in [0.25, 0.3) is 0 Å². The van der Waals surface area contributed by atoms with Crippen LogP contribution in [0.4, 0.5) is 5.82 Å². The molecule has 1 N–H and O–H groups in total. The Balaban J connectivity index is 1.32. The van der Waals surface area contributed by atoms with E-state index in [0.717, 1.165) is 42.3 Å². The van der Waals surface area contributed by atoms with Crippen molar-refractivity contribution in [2.24, 2.45) is 0 Å². The Hall–Kier alpha value is -3.12. The van der Waals surface area contributed by atoms with Crippen molar-refractivity contribution >= 4 is 11.7 Å². The number of hydrogen-bond acceptors (Lipinski definition) is 4. The number of nitrogens with zero attached hydrogens (tertiary/aromatic N) is 3. The van der Waals surface area contributed by atoms with E-state index in [4.69, 9.17) is 9.84 Å². The van der Waals surface area contributed by atoms with Gasteiger partial charge in [-0.05, 0) is 62.1 Å². The average molecular weight is 417 g/mol. The Kier molecular flexibility index (Phi) is 5.47. The van der Waals surface area contributed by atoms with Crippen LogP contribution >= 0.6 is 0 Å². The number of para-hydroxylation sites is 1. The van der Waals surface area contributed by atoms with Crippen molar-refractivity contribution in [3.05, 3.63) is 71.9 Å². The molecule has 160 valence electrons. The number of likely N-dealkylation sites (tertiary alicyclic amines) is 1. The van der Waals surface area contributed by atoms with E-state index in [1.165, 1.54) is 18.4 Å². The van der Waals surface area contributed by atoms with Gasteiger partial charge in [0.05, 0.1) is 25.0 Å². The van der Waals surface area contributed by atoms with E-state index < -0.39 is 0 Å². The van der Waals surface area contributed by atoms with E-state index in [0.29, 0.717) is 12.5 Å². The molecule has 1 aromatic heterocycles. The van der Waals surface area contributed by atoms with Crippen molar-refractivity contribution < 1.29 is 9.53 Å². The van der Waals surface area contributed by atoms with Gasteiger partial charge in [-0.2, -0.15) is 5.10 Å². The normalized spacial score (nSPS) is 18.8. The van der Waals surface area contributed by atoms with Crippen molar-refractivity contribution in [1.29, 1.82) is 0 Å². The number of methoxy groups -OCH3 is 1. The minimum absolute atomic E-state index is 0.00535. The van der Waals surface area contributed by atoms with Gasteiger partial charge >= 0.3 is 0 Å². The number of anilines is 1. The number of aromatic nitrogens is 2. The second-order valence-corrected chi connectivity index (χ2v) is 8.43. The highest BCUT2D eigenvalue weighted by atomic mass is 16.5. The smallest absolute Gasteiger partial charge is 0.239 e. The van der Waals surface area contributed by atoms with Crippen LogP contribution < -0.4 is 10.1 Å². The quantitative estimate of drug-likeness (QED) is 0.615. The van der Waals surface area contributed by atoms with E-state index in [1.54, 1.807) is 7.11 Å². The summed E-state index contributed by atoms with van der Waals surface area (Å²) in [6.45, 7) is 1.28. The summed E-state index contributed by atoms with van der Waals surface area (Å²) in [7, 11) is 1.69. The van der Waals surface area contributed by atoms with Crippen molar-refractivity contribution in [2.75, 3.05) is 25.5 Å². The minimum atomic E-state index is -0.00535. The van der Waals surface area contributed by atoms with E-state index in [9.17, 15) is 4.79 Å². The minimum Gasteiger partial charge on any atom is -0.497 e. The van der Waals surface area contributed by atoms with Gasteiger partial charge in [0.1, 0.15) is 11.6 Å². The lowest BCUT2D eigenvalue weighted by atomic mass is 10.0. The number of benzene rings is 2. The Morgan fingerprint density at radius 3 is 2.71 bits per heavy atom. The van der Waals surface area contributed by atoms with Crippen LogP contribution in [0, 0.1) is 0 Å². The van der Waals surface area contributed by atoms with Gasteiger partial charge in [0.2, 0.25) is 5.91 Å². The summed E-state index contributed by atoms with van der Waals surface area (Å²) in [4.78, 5) is 15.3. The molecule has 1 amide bonds. The van der Waals surface area contributed by atoms with Gasteiger partial charge in [0, 0.05) is 18.0 Å². The van der Waals surface area contributed by atoms with Crippen LogP contribution in [-0.2, 0) is 4.79 Å². The fourth-order valence-electron chi connectivity index (χ4n) is 4.44. The predicted octanol–water partition coefficient (Wildman–Crippen LogP) is 4.53. The van der Waals surface area contributed by atoms with Crippen LogP contribution in [0.2, 0.25) is 0 Å². The average Bonchev–Trinajstić information content (AvgIpc) is 3.41. The highest BCUT2D eigenvalue weighted by Gasteiger charge is 2.30. The Bertz CT molecular complexity index is 1060. The number of nitrogens with one attached hydrogen (secondary N) is 1. The maximum absolute atomic E-state index is 13.0. The number of hydrogen-bond donors (Lipinski definition) is 1. The Morgan fingerprint density at radius 1 is 1.10 bits per heavy atom. The van der Waals surface area contributed by atoms with Crippen molar-refractivity contribution in [2.45, 2.75) is 37.6 Å². The molecule has 5 rings (SSSR count). The van der Waals surface area contributed by atoms with Gasteiger partial charge in [-0.3, -0.25) is 9.69 Å². The third kappa shape index (κ3) is 4.35. The van der Waals surface area contributed by atoms with E-state index in [2.05, 4.69) is 22.3 Å². The zero-order chi connectivity index (χ0) is 21.2. The third-order valence-electron chi connectivity index (χ3n) is 6.18. The zero-order valence-electron chi connectivity index (χ0n) is 17.8. The fourth-order valence-corrected chi connectivity index (χ4v) is 4.44. The maximum Gasteiger partial charge on any atom is 0.239 e. The summed E-state index contributed by atoms with van der Waals surface area (Å²) in [6, 6.07) is 20.4. The summed E-state index contributed by atoms with van der Waals surface area (Å²) in [5, 5.41) is 7.91. The second-order valence-electron chi connectivity index (χ2n) is 8.43. The zero-order valence-corrected chi connectivity index (χ0v) is 17.8. The lowest BCUT2D eigenvalue weighted by molar-refractivity contribution is -0.117. The molecule has 2 fully saturated rings. The lowest BCUT2D eigenvalue weighted by Crippen LogP contribution is -2.33. The molecule has 31 heavy (non-hydrogen) atoms. The molecular weight excluding hydrogens is 388 g/mol. The predicted molar refractivity (Wildman–Crippen MR) is 121 cm³/mol. The SMILES string of the molecule is COc1cccc(C2CCCN2CC(=O)Nc2cc(C3CC3)nn2-c2ccccc2)c1. The van der Waals surface area contributed by atoms with Crippen molar-refractivity contribution in [3.8, 4) is 11.4 Å². The molecule has 1 aliphatic heterocycles. The monoisotopic (exact) mass is 416 g/mol. The first-order chi connectivity index (χ1) is 15.2.